The lowest BCUT2D eigenvalue weighted by Crippen LogP contribution is -2.57. The Labute approximate surface area is 97.6 Å². The molecule has 0 aromatic carbocycles. The third-order valence-corrected chi connectivity index (χ3v) is 3.90. The van der Waals surface area contributed by atoms with Gasteiger partial charge in [-0.3, -0.25) is 9.69 Å². The standard InChI is InChI=1S/C12H23N3O/c13-12(16)11-8-14-6-7-15(11)9-10-4-2-1-3-5-10/h10-11,14H,1-9H2,(H2,13,16). The third kappa shape index (κ3) is 2.95. The molecule has 2 rings (SSSR count). The van der Waals surface area contributed by atoms with Gasteiger partial charge in [0.25, 0.3) is 0 Å². The number of nitrogens with zero attached hydrogens (tertiary/aromatic N) is 1. The van der Waals surface area contributed by atoms with Gasteiger partial charge in [-0.2, -0.15) is 0 Å². The minimum absolute atomic E-state index is 0.0873. The molecule has 0 bridgehead atoms. The van der Waals surface area contributed by atoms with E-state index in [1.54, 1.807) is 0 Å². The van der Waals surface area contributed by atoms with Crippen LogP contribution in [0.4, 0.5) is 0 Å². The van der Waals surface area contributed by atoms with Crippen molar-refractivity contribution in [2.24, 2.45) is 11.7 Å². The highest BCUT2D eigenvalue weighted by molar-refractivity contribution is 5.80. The summed E-state index contributed by atoms with van der Waals surface area (Å²) in [6, 6.07) is -0.0873. The van der Waals surface area contributed by atoms with Crippen molar-refractivity contribution in [3.8, 4) is 0 Å². The molecular weight excluding hydrogens is 202 g/mol. The first-order valence-electron chi connectivity index (χ1n) is 6.51. The molecule has 0 radical (unpaired) electrons. The van der Waals surface area contributed by atoms with Crippen LogP contribution >= 0.6 is 0 Å². The largest absolute Gasteiger partial charge is 0.368 e. The van der Waals surface area contributed by atoms with E-state index in [9.17, 15) is 4.79 Å². The van der Waals surface area contributed by atoms with Gasteiger partial charge < -0.3 is 11.1 Å². The zero-order valence-electron chi connectivity index (χ0n) is 9.95. The molecule has 92 valence electrons. The highest BCUT2D eigenvalue weighted by Crippen LogP contribution is 2.25. The quantitative estimate of drug-likeness (QED) is 0.727. The molecule has 0 aromatic rings. The Morgan fingerprint density at radius 3 is 2.75 bits per heavy atom. The second-order valence-corrected chi connectivity index (χ2v) is 5.12. The minimum atomic E-state index is -0.178. The van der Waals surface area contributed by atoms with Gasteiger partial charge in [0.2, 0.25) is 5.91 Å². The Morgan fingerprint density at radius 2 is 2.06 bits per heavy atom. The Hall–Kier alpha value is -0.610. The number of piperazine rings is 1. The molecule has 3 N–H and O–H groups in total. The van der Waals surface area contributed by atoms with Crippen LogP contribution in [0.2, 0.25) is 0 Å². The van der Waals surface area contributed by atoms with Crippen LogP contribution in [0.3, 0.4) is 0 Å². The van der Waals surface area contributed by atoms with Crippen LogP contribution in [0, 0.1) is 5.92 Å². The zero-order valence-corrected chi connectivity index (χ0v) is 9.95. The van der Waals surface area contributed by atoms with Crippen LogP contribution in [0.25, 0.3) is 0 Å². The van der Waals surface area contributed by atoms with Crippen molar-refractivity contribution in [3.05, 3.63) is 0 Å². The number of amides is 1. The number of carbonyl (C=O) groups is 1. The van der Waals surface area contributed by atoms with Gasteiger partial charge in [0.15, 0.2) is 0 Å². The average Bonchev–Trinajstić information content (AvgIpc) is 2.31. The molecule has 1 unspecified atom stereocenters. The van der Waals surface area contributed by atoms with Crippen LogP contribution in [0.15, 0.2) is 0 Å². The summed E-state index contributed by atoms with van der Waals surface area (Å²) in [5.41, 5.74) is 5.44. The van der Waals surface area contributed by atoms with E-state index in [0.29, 0.717) is 0 Å². The second kappa shape index (κ2) is 5.64. The SMILES string of the molecule is NC(=O)C1CNCCN1CC1CCCCC1. The van der Waals surface area contributed by atoms with Crippen LogP contribution in [0.5, 0.6) is 0 Å². The summed E-state index contributed by atoms with van der Waals surface area (Å²) < 4.78 is 0. The van der Waals surface area contributed by atoms with Gasteiger partial charge in [-0.05, 0) is 18.8 Å². The molecule has 4 heteroatoms. The summed E-state index contributed by atoms with van der Waals surface area (Å²) in [4.78, 5) is 13.6. The second-order valence-electron chi connectivity index (χ2n) is 5.12. The lowest BCUT2D eigenvalue weighted by atomic mass is 9.88. The molecule has 1 saturated heterocycles. The monoisotopic (exact) mass is 225 g/mol. The van der Waals surface area contributed by atoms with Crippen LogP contribution in [-0.4, -0.2) is 43.0 Å². The van der Waals surface area contributed by atoms with E-state index < -0.39 is 0 Å². The van der Waals surface area contributed by atoms with Gasteiger partial charge >= 0.3 is 0 Å². The molecule has 2 fully saturated rings. The summed E-state index contributed by atoms with van der Waals surface area (Å²) in [5, 5.41) is 3.24. The first-order chi connectivity index (χ1) is 7.77. The first kappa shape index (κ1) is 11.9. The van der Waals surface area contributed by atoms with Gasteiger partial charge in [-0.1, -0.05) is 19.3 Å². The molecule has 16 heavy (non-hydrogen) atoms. The predicted molar refractivity (Wildman–Crippen MR) is 64.0 cm³/mol. The predicted octanol–water partition coefficient (Wildman–Crippen LogP) is 0.326. The smallest absolute Gasteiger partial charge is 0.236 e. The maximum Gasteiger partial charge on any atom is 0.236 e. The summed E-state index contributed by atoms with van der Waals surface area (Å²) in [5.74, 6) is 0.608. The molecule has 1 atom stereocenters. The maximum atomic E-state index is 11.3. The van der Waals surface area contributed by atoms with Gasteiger partial charge in [0.1, 0.15) is 6.04 Å². The molecule has 0 spiro atoms. The molecule has 1 aliphatic carbocycles. The molecule has 2 aliphatic rings. The van der Waals surface area contributed by atoms with Crippen LogP contribution < -0.4 is 11.1 Å². The van der Waals surface area contributed by atoms with Crippen molar-refractivity contribution < 1.29 is 4.79 Å². The molecular formula is C12H23N3O. The van der Waals surface area contributed by atoms with E-state index in [0.717, 1.165) is 32.1 Å². The van der Waals surface area contributed by atoms with E-state index in [1.807, 2.05) is 0 Å². The van der Waals surface area contributed by atoms with Gasteiger partial charge in [0.05, 0.1) is 0 Å². The first-order valence-corrected chi connectivity index (χ1v) is 6.51. The lowest BCUT2D eigenvalue weighted by Gasteiger charge is -2.37. The van der Waals surface area contributed by atoms with Crippen LogP contribution in [0.1, 0.15) is 32.1 Å². The molecule has 1 amide bonds. The number of primary amides is 1. The van der Waals surface area contributed by atoms with Crippen molar-refractivity contribution in [2.45, 2.75) is 38.1 Å². The highest BCUT2D eigenvalue weighted by Gasteiger charge is 2.28. The van der Waals surface area contributed by atoms with Crippen molar-refractivity contribution in [3.63, 3.8) is 0 Å². The van der Waals surface area contributed by atoms with Gasteiger partial charge in [0, 0.05) is 26.2 Å². The van der Waals surface area contributed by atoms with Gasteiger partial charge in [-0.25, -0.2) is 0 Å². The Kier molecular flexibility index (Phi) is 4.18. The highest BCUT2D eigenvalue weighted by atomic mass is 16.1. The summed E-state index contributed by atoms with van der Waals surface area (Å²) in [6.07, 6.45) is 6.76. The summed E-state index contributed by atoms with van der Waals surface area (Å²) in [7, 11) is 0. The molecule has 1 aliphatic heterocycles. The number of nitrogens with two attached hydrogens (primary N) is 1. The molecule has 1 saturated carbocycles. The van der Waals surface area contributed by atoms with E-state index >= 15 is 0 Å². The average molecular weight is 225 g/mol. The fourth-order valence-corrected chi connectivity index (χ4v) is 2.95. The van der Waals surface area contributed by atoms with Gasteiger partial charge in [-0.15, -0.1) is 0 Å². The van der Waals surface area contributed by atoms with E-state index in [4.69, 9.17) is 5.73 Å². The van der Waals surface area contributed by atoms with Crippen molar-refractivity contribution in [1.82, 2.24) is 10.2 Å². The minimum Gasteiger partial charge on any atom is -0.368 e. The fourth-order valence-electron chi connectivity index (χ4n) is 2.95. The molecule has 0 aromatic heterocycles. The van der Waals surface area contributed by atoms with Crippen LogP contribution in [-0.2, 0) is 4.79 Å². The number of hydrogen-bond acceptors (Lipinski definition) is 3. The maximum absolute atomic E-state index is 11.3. The third-order valence-electron chi connectivity index (χ3n) is 3.90. The van der Waals surface area contributed by atoms with Crippen molar-refractivity contribution >= 4 is 5.91 Å². The van der Waals surface area contributed by atoms with E-state index in [2.05, 4.69) is 10.2 Å². The van der Waals surface area contributed by atoms with Crippen molar-refractivity contribution in [2.75, 3.05) is 26.2 Å². The lowest BCUT2D eigenvalue weighted by molar-refractivity contribution is -0.124. The number of rotatable bonds is 3. The Morgan fingerprint density at radius 1 is 1.31 bits per heavy atom. The van der Waals surface area contributed by atoms with E-state index in [1.165, 1.54) is 32.1 Å². The number of nitrogens with one attached hydrogen (secondary N) is 1. The summed E-state index contributed by atoms with van der Waals surface area (Å²) >= 11 is 0. The van der Waals surface area contributed by atoms with Crippen molar-refractivity contribution in [1.29, 1.82) is 0 Å². The normalized spacial score (nSPS) is 29.1. The Balaban J connectivity index is 1.87. The van der Waals surface area contributed by atoms with E-state index in [-0.39, 0.29) is 11.9 Å². The molecule has 4 nitrogen and oxygen atoms in total. The molecule has 1 heterocycles. The zero-order chi connectivity index (χ0) is 11.4. The number of carbonyl (C=O) groups excluding carboxylic acids is 1. The fraction of sp³-hybridized carbons (Fsp3) is 0.917. The summed E-state index contributed by atoms with van der Waals surface area (Å²) in [6.45, 7) is 3.73. The Bertz CT molecular complexity index is 238. The topological polar surface area (TPSA) is 58.4 Å². The number of hydrogen-bond donors (Lipinski definition) is 2.